The highest BCUT2D eigenvalue weighted by molar-refractivity contribution is 5.21. The zero-order valence-corrected chi connectivity index (χ0v) is 7.46. The maximum absolute atomic E-state index is 3.47. The minimum absolute atomic E-state index is 0.690. The average Bonchev–Trinajstić information content (AvgIpc) is 2.54. The Labute approximate surface area is 73.8 Å². The zero-order chi connectivity index (χ0) is 8.39. The summed E-state index contributed by atoms with van der Waals surface area (Å²) in [5.74, 6) is 0.737. The Morgan fingerprint density at radius 3 is 2.58 bits per heavy atom. The van der Waals surface area contributed by atoms with Crippen LogP contribution in [0.5, 0.6) is 0 Å². The molecule has 1 aromatic rings. The SMILES string of the molecule is CC1CC(c2ccccc2)CN1. The van der Waals surface area contributed by atoms with Gasteiger partial charge < -0.3 is 5.32 Å². The highest BCUT2D eigenvalue weighted by atomic mass is 14.9. The first-order chi connectivity index (χ1) is 5.86. The number of rotatable bonds is 1. The molecule has 2 atom stereocenters. The minimum Gasteiger partial charge on any atom is -0.314 e. The Morgan fingerprint density at radius 2 is 2.00 bits per heavy atom. The van der Waals surface area contributed by atoms with E-state index < -0.39 is 0 Å². The van der Waals surface area contributed by atoms with E-state index in [-0.39, 0.29) is 0 Å². The fourth-order valence-electron chi connectivity index (χ4n) is 1.92. The number of hydrogen-bond acceptors (Lipinski definition) is 1. The van der Waals surface area contributed by atoms with Gasteiger partial charge in [-0.1, -0.05) is 30.3 Å². The van der Waals surface area contributed by atoms with E-state index in [9.17, 15) is 0 Å². The lowest BCUT2D eigenvalue weighted by Gasteiger charge is -2.07. The van der Waals surface area contributed by atoms with Gasteiger partial charge in [-0.25, -0.2) is 0 Å². The first-order valence-corrected chi connectivity index (χ1v) is 4.64. The van der Waals surface area contributed by atoms with Crippen molar-refractivity contribution in [1.82, 2.24) is 5.32 Å². The van der Waals surface area contributed by atoms with Crippen LogP contribution in [0.4, 0.5) is 0 Å². The molecule has 1 heteroatoms. The Kier molecular flexibility index (Phi) is 2.13. The van der Waals surface area contributed by atoms with Crippen LogP contribution in [0.2, 0.25) is 0 Å². The van der Waals surface area contributed by atoms with Crippen LogP contribution in [-0.4, -0.2) is 12.6 Å². The van der Waals surface area contributed by atoms with E-state index in [0.717, 1.165) is 12.5 Å². The molecule has 64 valence electrons. The fourth-order valence-corrected chi connectivity index (χ4v) is 1.92. The van der Waals surface area contributed by atoms with Gasteiger partial charge in [0.05, 0.1) is 0 Å². The van der Waals surface area contributed by atoms with Crippen molar-refractivity contribution in [2.24, 2.45) is 0 Å². The van der Waals surface area contributed by atoms with E-state index in [1.807, 2.05) is 0 Å². The molecule has 2 unspecified atom stereocenters. The maximum Gasteiger partial charge on any atom is 0.00452 e. The summed E-state index contributed by atoms with van der Waals surface area (Å²) in [4.78, 5) is 0. The summed E-state index contributed by atoms with van der Waals surface area (Å²) < 4.78 is 0. The molecule has 1 aliphatic heterocycles. The predicted octanol–water partition coefficient (Wildman–Crippen LogP) is 2.15. The van der Waals surface area contributed by atoms with Gasteiger partial charge in [-0.15, -0.1) is 0 Å². The molecular formula is C11H15N. The molecule has 0 spiro atoms. The number of hydrogen-bond donors (Lipinski definition) is 1. The molecule has 12 heavy (non-hydrogen) atoms. The summed E-state index contributed by atoms with van der Waals surface area (Å²) in [6, 6.07) is 11.5. The van der Waals surface area contributed by atoms with Gasteiger partial charge in [0.1, 0.15) is 0 Å². The third-order valence-electron chi connectivity index (χ3n) is 2.62. The second-order valence-electron chi connectivity index (χ2n) is 3.65. The smallest absolute Gasteiger partial charge is 0.00452 e. The molecule has 1 saturated heterocycles. The van der Waals surface area contributed by atoms with E-state index in [2.05, 4.69) is 42.6 Å². The highest BCUT2D eigenvalue weighted by Gasteiger charge is 2.21. The summed E-state index contributed by atoms with van der Waals surface area (Å²) in [5, 5.41) is 3.47. The quantitative estimate of drug-likeness (QED) is 0.665. The first-order valence-electron chi connectivity index (χ1n) is 4.64. The van der Waals surface area contributed by atoms with Gasteiger partial charge >= 0.3 is 0 Å². The summed E-state index contributed by atoms with van der Waals surface area (Å²) >= 11 is 0. The monoisotopic (exact) mass is 161 g/mol. The van der Waals surface area contributed by atoms with E-state index in [1.165, 1.54) is 12.0 Å². The molecule has 2 rings (SSSR count). The first kappa shape index (κ1) is 7.81. The van der Waals surface area contributed by atoms with Crippen LogP contribution in [0.1, 0.15) is 24.8 Å². The Hall–Kier alpha value is -0.820. The molecule has 0 radical (unpaired) electrons. The third kappa shape index (κ3) is 1.51. The Balaban J connectivity index is 2.11. The molecule has 1 N–H and O–H groups in total. The van der Waals surface area contributed by atoms with Gasteiger partial charge in [0.2, 0.25) is 0 Å². The molecule has 1 aromatic carbocycles. The van der Waals surface area contributed by atoms with Crippen molar-refractivity contribution in [3.05, 3.63) is 35.9 Å². The molecule has 0 bridgehead atoms. The highest BCUT2D eigenvalue weighted by Crippen LogP contribution is 2.24. The van der Waals surface area contributed by atoms with Gasteiger partial charge in [-0.3, -0.25) is 0 Å². The van der Waals surface area contributed by atoms with Gasteiger partial charge in [-0.2, -0.15) is 0 Å². The van der Waals surface area contributed by atoms with Crippen molar-refractivity contribution in [3.63, 3.8) is 0 Å². The van der Waals surface area contributed by atoms with Crippen molar-refractivity contribution in [2.45, 2.75) is 25.3 Å². The molecule has 0 aromatic heterocycles. The Morgan fingerprint density at radius 1 is 1.25 bits per heavy atom. The van der Waals surface area contributed by atoms with Crippen LogP contribution in [0.25, 0.3) is 0 Å². The molecule has 0 aliphatic carbocycles. The molecule has 1 nitrogen and oxygen atoms in total. The Bertz CT molecular complexity index is 242. The van der Waals surface area contributed by atoms with E-state index in [1.54, 1.807) is 0 Å². The lowest BCUT2D eigenvalue weighted by Crippen LogP contribution is -2.16. The maximum atomic E-state index is 3.47. The third-order valence-corrected chi connectivity index (χ3v) is 2.62. The largest absolute Gasteiger partial charge is 0.314 e. The van der Waals surface area contributed by atoms with Gasteiger partial charge in [0.15, 0.2) is 0 Å². The van der Waals surface area contributed by atoms with Crippen molar-refractivity contribution in [2.75, 3.05) is 6.54 Å². The van der Waals surface area contributed by atoms with Crippen molar-refractivity contribution in [3.8, 4) is 0 Å². The van der Waals surface area contributed by atoms with Crippen LogP contribution in [0.3, 0.4) is 0 Å². The van der Waals surface area contributed by atoms with E-state index in [0.29, 0.717) is 6.04 Å². The van der Waals surface area contributed by atoms with Gasteiger partial charge in [-0.05, 0) is 24.8 Å². The van der Waals surface area contributed by atoms with Crippen LogP contribution in [0, 0.1) is 0 Å². The fraction of sp³-hybridized carbons (Fsp3) is 0.455. The zero-order valence-electron chi connectivity index (χ0n) is 7.46. The molecule has 1 fully saturated rings. The van der Waals surface area contributed by atoms with Crippen molar-refractivity contribution in [1.29, 1.82) is 0 Å². The lowest BCUT2D eigenvalue weighted by atomic mass is 9.97. The molecule has 1 heterocycles. The second-order valence-corrected chi connectivity index (χ2v) is 3.65. The standard InChI is InChI=1S/C11H15N/c1-9-7-11(8-12-9)10-5-3-2-4-6-10/h2-6,9,11-12H,7-8H2,1H3. The normalized spacial score (nSPS) is 29.1. The molecular weight excluding hydrogens is 146 g/mol. The van der Waals surface area contributed by atoms with E-state index >= 15 is 0 Å². The van der Waals surface area contributed by atoms with Crippen LogP contribution in [-0.2, 0) is 0 Å². The average molecular weight is 161 g/mol. The van der Waals surface area contributed by atoms with Crippen molar-refractivity contribution < 1.29 is 0 Å². The summed E-state index contributed by atoms with van der Waals surface area (Å²) in [6.07, 6.45) is 1.28. The van der Waals surface area contributed by atoms with Gasteiger partial charge in [0.25, 0.3) is 0 Å². The molecule has 0 amide bonds. The lowest BCUT2D eigenvalue weighted by molar-refractivity contribution is 0.658. The minimum atomic E-state index is 0.690. The number of nitrogens with one attached hydrogen (secondary N) is 1. The van der Waals surface area contributed by atoms with E-state index in [4.69, 9.17) is 0 Å². The van der Waals surface area contributed by atoms with Crippen LogP contribution < -0.4 is 5.32 Å². The topological polar surface area (TPSA) is 12.0 Å². The van der Waals surface area contributed by atoms with Crippen molar-refractivity contribution >= 4 is 0 Å². The second kappa shape index (κ2) is 3.28. The van der Waals surface area contributed by atoms with Crippen LogP contribution in [0.15, 0.2) is 30.3 Å². The summed E-state index contributed by atoms with van der Waals surface area (Å²) in [6.45, 7) is 3.40. The summed E-state index contributed by atoms with van der Waals surface area (Å²) in [7, 11) is 0. The summed E-state index contributed by atoms with van der Waals surface area (Å²) in [5.41, 5.74) is 1.48. The molecule has 0 saturated carbocycles. The van der Waals surface area contributed by atoms with Crippen LogP contribution >= 0.6 is 0 Å². The number of benzene rings is 1. The predicted molar refractivity (Wildman–Crippen MR) is 51.3 cm³/mol. The van der Waals surface area contributed by atoms with Gasteiger partial charge in [0, 0.05) is 12.6 Å². The molecule has 1 aliphatic rings.